The molecule has 0 aliphatic carbocycles. The summed E-state index contributed by atoms with van der Waals surface area (Å²) in [7, 11) is 0.562. The minimum Gasteiger partial charge on any atom is -0.542 e. The third-order valence-corrected chi connectivity index (χ3v) is 27.0. The number of anilines is 2. The monoisotopic (exact) mass is 1310 g/mol. The number of hydrogen-bond donors (Lipinski definition) is 2. The van der Waals surface area contributed by atoms with Crippen molar-refractivity contribution in [2.75, 3.05) is 89.3 Å². The summed E-state index contributed by atoms with van der Waals surface area (Å²) in [6.45, 7) is 30.2. The quantitative estimate of drug-likeness (QED) is 0.105. The van der Waals surface area contributed by atoms with E-state index in [4.69, 9.17) is 19.8 Å². The molecule has 6 aliphatic heterocycles. The van der Waals surface area contributed by atoms with E-state index < -0.39 is 51.5 Å². The van der Waals surface area contributed by atoms with Gasteiger partial charge in [0.15, 0.2) is 11.1 Å². The van der Waals surface area contributed by atoms with Gasteiger partial charge >= 0.3 is 12.4 Å². The van der Waals surface area contributed by atoms with Gasteiger partial charge in [0.1, 0.15) is 55.3 Å². The molecule has 7 aromatic rings. The topological polar surface area (TPSA) is 145 Å². The fourth-order valence-corrected chi connectivity index (χ4v) is 20.9. The number of benzene rings is 7. The fraction of sp³-hybridized carbons (Fsp3) is 0.352. The number of nitrogens with zero attached hydrogens (tertiary/aromatic N) is 5. The zero-order chi connectivity index (χ0) is 66.5. The lowest BCUT2D eigenvalue weighted by molar-refractivity contribution is -0.344. The maximum Gasteiger partial charge on any atom is 0.430 e. The van der Waals surface area contributed by atoms with Crippen molar-refractivity contribution in [3.05, 3.63) is 204 Å². The lowest BCUT2D eigenvalue weighted by Crippen LogP contribution is -2.64. The van der Waals surface area contributed by atoms with Crippen molar-refractivity contribution in [3.63, 3.8) is 0 Å². The Hall–Kier alpha value is -7.54. The van der Waals surface area contributed by atoms with E-state index in [0.29, 0.717) is 11.4 Å². The van der Waals surface area contributed by atoms with Crippen LogP contribution >= 0.6 is 0 Å². The van der Waals surface area contributed by atoms with E-state index in [1.807, 2.05) is 18.2 Å². The smallest absolute Gasteiger partial charge is 0.430 e. The Morgan fingerprint density at radius 1 is 0.554 bits per heavy atom. The number of rotatable bonds is 7. The molecule has 13 rings (SSSR count). The van der Waals surface area contributed by atoms with Crippen LogP contribution in [-0.4, -0.2) is 134 Å². The molecule has 1 unspecified atom stereocenters. The number of carboxylic acids is 2. The van der Waals surface area contributed by atoms with Gasteiger partial charge in [0.2, 0.25) is 10.7 Å². The number of carbonyl (C=O) groups is 2. The first-order valence-electron chi connectivity index (χ1n) is 31.0. The van der Waals surface area contributed by atoms with Gasteiger partial charge in [-0.1, -0.05) is 92.9 Å². The number of aliphatic carboxylic acids is 2. The van der Waals surface area contributed by atoms with Crippen LogP contribution in [0.1, 0.15) is 61.2 Å². The van der Waals surface area contributed by atoms with Crippen LogP contribution in [0.5, 0.6) is 0 Å². The van der Waals surface area contributed by atoms with Crippen LogP contribution in [0.2, 0.25) is 26.2 Å². The minimum atomic E-state index is -5.19. The molecule has 2 fully saturated rings. The summed E-state index contributed by atoms with van der Waals surface area (Å²) in [6, 6.07) is 45.9. The van der Waals surface area contributed by atoms with Crippen LogP contribution in [0, 0.1) is 27.7 Å². The first kappa shape index (κ1) is 67.4. The molecule has 0 radical (unpaired) electrons. The highest BCUT2D eigenvalue weighted by molar-refractivity contribution is 7.79. The summed E-state index contributed by atoms with van der Waals surface area (Å²) < 4.78 is 89.6. The van der Waals surface area contributed by atoms with Gasteiger partial charge in [-0.25, -0.2) is 13.4 Å². The summed E-state index contributed by atoms with van der Waals surface area (Å²) in [5.74, 6) is -6.01. The van der Waals surface area contributed by atoms with E-state index in [2.05, 4.69) is 194 Å². The summed E-state index contributed by atoms with van der Waals surface area (Å²) >= 11 is -1.97. The molecule has 2 N–H and O–H groups in total. The zero-order valence-electron chi connectivity index (χ0n) is 53.6. The number of nitrogens with one attached hydrogen (secondary N) is 1. The fourth-order valence-electron chi connectivity index (χ4n) is 14.2. The van der Waals surface area contributed by atoms with Crippen LogP contribution < -0.4 is 76.4 Å². The van der Waals surface area contributed by atoms with E-state index in [-0.39, 0.29) is 0 Å². The van der Waals surface area contributed by atoms with Gasteiger partial charge in [0, 0.05) is 106 Å². The van der Waals surface area contributed by atoms with E-state index in [0.717, 1.165) is 83.9 Å². The third-order valence-electron chi connectivity index (χ3n) is 19.2. The summed E-state index contributed by atoms with van der Waals surface area (Å²) in [5.41, 5.74) is 20.6. The standard InChI is InChI=1S/C37H41N3O2SSi.C30H36N3Si.2C2HF3O2/c1-25-9-8-10-26(2)36(25)37-30-14-13-29(40-19-17-39(18-20-40)24-28-11-6-7-12-33(28)43(41)42)22-34(30)44(4,5)35-23-32-27(21-31(35)37)15-16-38(32)3;1-20-7-6-8-21(2)29(20)30-24-10-9-23(33-15-12-31-13-16-33)18-27(24)34(4,5)28-19-26-22(17-25(28)30)11-14-32(26)3;2*3-2(4,5)1(6)7/h6-14,21-23H,15-20,24H2,1-5H3;6-10,17-19,31H,11-16H2,1-5H3;2*(H,6,7)/q;+1;;/p-1. The van der Waals surface area contributed by atoms with Gasteiger partial charge in [0.25, 0.3) is 0 Å². The van der Waals surface area contributed by atoms with Crippen LogP contribution in [0.25, 0.3) is 11.1 Å². The molecule has 1 atom stereocenters. The first-order valence-corrected chi connectivity index (χ1v) is 38.1. The predicted molar refractivity (Wildman–Crippen MR) is 354 cm³/mol. The number of carboxylic acid groups (broad SMARTS) is 2. The molecule has 7 aromatic carbocycles. The summed E-state index contributed by atoms with van der Waals surface area (Å²) in [4.78, 5) is 25.6. The number of carbonyl (C=O) groups excluding carboxylic acids is 2. The molecule has 0 bridgehead atoms. The second-order valence-electron chi connectivity index (χ2n) is 25.8. The first-order chi connectivity index (χ1) is 43.4. The summed E-state index contributed by atoms with van der Waals surface area (Å²) in [6.07, 6.45) is -8.13. The molecule has 484 valence electrons. The van der Waals surface area contributed by atoms with Gasteiger partial charge in [-0.2, -0.15) is 26.3 Å². The molecule has 6 aliphatic rings. The minimum absolute atomic E-state index is 0.518. The van der Waals surface area contributed by atoms with Crippen molar-refractivity contribution in [3.8, 4) is 0 Å². The molecule has 92 heavy (non-hydrogen) atoms. The number of halogens is 6. The largest absolute Gasteiger partial charge is 0.542 e. The second kappa shape index (κ2) is 26.5. The molecule has 2 saturated heterocycles. The van der Waals surface area contributed by atoms with Gasteiger partial charge in [-0.05, 0) is 163 Å². The molecule has 0 aromatic heterocycles. The highest BCUT2D eigenvalue weighted by Gasteiger charge is 2.40. The van der Waals surface area contributed by atoms with Gasteiger partial charge < -0.3 is 39.5 Å². The normalized spacial score (nSPS) is 17.3. The number of piperazine rings is 2. The molecule has 0 saturated carbocycles. The van der Waals surface area contributed by atoms with Crippen LogP contribution in [-0.2, 0) is 40.1 Å². The van der Waals surface area contributed by atoms with Gasteiger partial charge in [-0.3, -0.25) is 4.90 Å². The molecule has 0 amide bonds. The van der Waals surface area contributed by atoms with Crippen molar-refractivity contribution >= 4 is 82.4 Å². The van der Waals surface area contributed by atoms with Crippen LogP contribution in [0.3, 0.4) is 0 Å². The van der Waals surface area contributed by atoms with E-state index in [9.17, 15) is 35.1 Å². The second-order valence-corrected chi connectivity index (χ2v) is 35.4. The number of likely N-dealkylation sites (N-methyl/N-ethyl adjacent to an activating group) is 2. The predicted octanol–water partition coefficient (Wildman–Crippen LogP) is 3.64. The van der Waals surface area contributed by atoms with E-state index in [1.165, 1.54) is 104 Å². The summed E-state index contributed by atoms with van der Waals surface area (Å²) in [5, 5.41) is 33.1. The average molecular weight is 1310 g/mol. The third kappa shape index (κ3) is 13.5. The van der Waals surface area contributed by atoms with Crippen molar-refractivity contribution < 1.29 is 54.9 Å². The molecular formula is C71H78F6N6O6SSi2. The number of hydrogen-bond acceptors (Lipinski definition) is 9. The average Bonchev–Trinajstić information content (AvgIpc) is 0.906. The highest BCUT2D eigenvalue weighted by atomic mass is 32.2. The SMILES string of the molecule is Cc1cccc(C)c1C1=c2cc3c(cc2[Si](C)(C)c2cc(N4CCN(Cc5ccccc5S(=O)O)CC4)ccc21)=[N+](C)CC3.Cc1cccc(C)c1C1=c2cc3c(cc2[Si](C)(C)c2cc(N4CCNCC4)ccc21)=[N+](C)CC3.O=C([O-])C(F)(F)F.O=C([O-])C(F)(F)F. The Morgan fingerprint density at radius 3 is 1.34 bits per heavy atom. The van der Waals surface area contributed by atoms with Crippen molar-refractivity contribution in [1.82, 2.24) is 19.4 Å². The molecule has 0 spiro atoms. The molecular weight excluding hydrogens is 1240 g/mol. The van der Waals surface area contributed by atoms with E-state index in [1.54, 1.807) is 21.6 Å². The Balaban J connectivity index is 0.000000170. The highest BCUT2D eigenvalue weighted by Crippen LogP contribution is 2.34. The Bertz CT molecular complexity index is 4320. The Morgan fingerprint density at radius 2 is 0.946 bits per heavy atom. The zero-order valence-corrected chi connectivity index (χ0v) is 56.5. The van der Waals surface area contributed by atoms with Crippen molar-refractivity contribution in [2.24, 2.45) is 0 Å². The maximum atomic E-state index is 11.9. The maximum absolute atomic E-state index is 11.9. The lowest BCUT2D eigenvalue weighted by Gasteiger charge is -2.38. The lowest BCUT2D eigenvalue weighted by atomic mass is 9.88. The van der Waals surface area contributed by atoms with Gasteiger partial charge in [-0.15, -0.1) is 0 Å². The molecule has 21 heteroatoms. The molecule has 12 nitrogen and oxygen atoms in total. The van der Waals surface area contributed by atoms with Crippen LogP contribution in [0.15, 0.2) is 126 Å². The Labute approximate surface area is 537 Å². The molecule has 6 heterocycles. The van der Waals surface area contributed by atoms with Crippen LogP contribution in [0.4, 0.5) is 37.7 Å². The number of fused-ring (bicyclic) bond motifs is 6. The number of aryl methyl sites for hydroxylation is 4. The van der Waals surface area contributed by atoms with Crippen molar-refractivity contribution in [1.29, 1.82) is 0 Å². The van der Waals surface area contributed by atoms with Crippen molar-refractivity contribution in [2.45, 2.75) is 90.5 Å². The Kier molecular flexibility index (Phi) is 19.4. The van der Waals surface area contributed by atoms with Gasteiger partial charge in [0.05, 0.1) is 4.90 Å². The number of alkyl halides is 6. The van der Waals surface area contributed by atoms with E-state index >= 15 is 0 Å².